The Bertz CT molecular complexity index is 920. The molecule has 2 aliphatic heterocycles. The fourth-order valence-electron chi connectivity index (χ4n) is 4.41. The van der Waals surface area contributed by atoms with E-state index in [1.54, 1.807) is 0 Å². The molecule has 9 heteroatoms. The van der Waals surface area contributed by atoms with Crippen molar-refractivity contribution < 1.29 is 23.2 Å². The molecule has 0 bridgehead atoms. The maximum Gasteiger partial charge on any atom is 0.391 e. The topological polar surface area (TPSA) is 67.8 Å². The normalized spacial score (nSPS) is 19.5. The van der Waals surface area contributed by atoms with Gasteiger partial charge in [-0.25, -0.2) is 5.06 Å². The Balaban J connectivity index is 1.28. The zero-order valence-corrected chi connectivity index (χ0v) is 18.3. The lowest BCUT2D eigenvalue weighted by atomic mass is 9.96. The van der Waals surface area contributed by atoms with Gasteiger partial charge in [-0.05, 0) is 67.8 Å². The first kappa shape index (κ1) is 23.4. The number of anilines is 3. The van der Waals surface area contributed by atoms with Crippen molar-refractivity contribution in [3.8, 4) is 0 Å². The van der Waals surface area contributed by atoms with Crippen molar-refractivity contribution in [3.05, 3.63) is 54.1 Å². The highest BCUT2D eigenvalue weighted by atomic mass is 19.4. The first-order valence-corrected chi connectivity index (χ1v) is 11.3. The zero-order valence-electron chi connectivity index (χ0n) is 18.3. The van der Waals surface area contributed by atoms with Gasteiger partial charge in [-0.15, -0.1) is 0 Å². The first-order valence-electron chi connectivity index (χ1n) is 11.3. The van der Waals surface area contributed by atoms with Crippen LogP contribution in [0, 0.1) is 11.8 Å². The van der Waals surface area contributed by atoms with E-state index in [1.807, 2.05) is 53.4 Å². The smallest absolute Gasteiger partial charge is 0.372 e. The molecule has 33 heavy (non-hydrogen) atoms. The van der Waals surface area contributed by atoms with Gasteiger partial charge in [-0.3, -0.25) is 10.0 Å². The van der Waals surface area contributed by atoms with Gasteiger partial charge < -0.3 is 15.5 Å². The summed E-state index contributed by atoms with van der Waals surface area (Å²) >= 11 is 0. The molecular formula is C24H29F3N4O2. The molecule has 178 valence electrons. The van der Waals surface area contributed by atoms with Crippen LogP contribution in [0.1, 0.15) is 24.8 Å². The molecule has 2 fully saturated rings. The summed E-state index contributed by atoms with van der Waals surface area (Å²) in [6.07, 6.45) is -3.11. The van der Waals surface area contributed by atoms with Gasteiger partial charge in [0.1, 0.15) is 0 Å². The summed E-state index contributed by atoms with van der Waals surface area (Å²) < 4.78 is 38.6. The van der Waals surface area contributed by atoms with Gasteiger partial charge >= 0.3 is 6.18 Å². The highest BCUT2D eigenvalue weighted by molar-refractivity contribution is 5.78. The average Bonchev–Trinajstić information content (AvgIpc) is 3.35. The molecule has 2 aliphatic rings. The monoisotopic (exact) mass is 462 g/mol. The molecule has 2 saturated heterocycles. The van der Waals surface area contributed by atoms with Crippen LogP contribution in [0.25, 0.3) is 0 Å². The number of rotatable bonds is 6. The number of carbonyl (C=O) groups excluding carboxylic acids is 1. The lowest BCUT2D eigenvalue weighted by Gasteiger charge is -2.34. The quantitative estimate of drug-likeness (QED) is 0.435. The Morgan fingerprint density at radius 1 is 1.03 bits per heavy atom. The SMILES string of the molecule is O=C(C1CCNC1)N(O)Cc1ccc(Nc2ccc(N3CCC(C(F)(F)F)CC3)cc2)cc1. The van der Waals surface area contributed by atoms with Crippen LogP contribution in [0.15, 0.2) is 48.5 Å². The second-order valence-corrected chi connectivity index (χ2v) is 8.76. The Morgan fingerprint density at radius 3 is 2.18 bits per heavy atom. The third-order valence-electron chi connectivity index (χ3n) is 6.43. The number of hydroxylamine groups is 2. The second kappa shape index (κ2) is 10.0. The molecule has 1 atom stereocenters. The van der Waals surface area contributed by atoms with Gasteiger partial charge in [-0.2, -0.15) is 13.2 Å². The molecule has 6 nitrogen and oxygen atoms in total. The van der Waals surface area contributed by atoms with Crippen molar-refractivity contribution >= 4 is 23.0 Å². The second-order valence-electron chi connectivity index (χ2n) is 8.76. The van der Waals surface area contributed by atoms with E-state index in [1.165, 1.54) is 0 Å². The number of amides is 1. The number of benzene rings is 2. The van der Waals surface area contributed by atoms with Crippen molar-refractivity contribution in [2.75, 3.05) is 36.4 Å². The Hall–Kier alpha value is -2.78. The number of hydrogen-bond acceptors (Lipinski definition) is 5. The van der Waals surface area contributed by atoms with Crippen molar-refractivity contribution in [1.29, 1.82) is 0 Å². The molecule has 0 saturated carbocycles. The van der Waals surface area contributed by atoms with Crippen LogP contribution in [0.2, 0.25) is 0 Å². The van der Waals surface area contributed by atoms with Gasteiger partial charge in [-0.1, -0.05) is 12.1 Å². The molecule has 0 aromatic heterocycles. The predicted octanol–water partition coefficient (Wildman–Crippen LogP) is 4.54. The molecule has 3 N–H and O–H groups in total. The van der Waals surface area contributed by atoms with E-state index in [2.05, 4.69) is 10.6 Å². The number of piperidine rings is 1. The number of alkyl halides is 3. The minimum Gasteiger partial charge on any atom is -0.372 e. The van der Waals surface area contributed by atoms with E-state index in [-0.39, 0.29) is 31.2 Å². The van der Waals surface area contributed by atoms with E-state index in [4.69, 9.17) is 0 Å². The van der Waals surface area contributed by atoms with Crippen LogP contribution in [-0.4, -0.2) is 48.5 Å². The summed E-state index contributed by atoms with van der Waals surface area (Å²) in [5, 5.41) is 17.3. The molecule has 2 aromatic carbocycles. The maximum atomic E-state index is 12.9. The van der Waals surface area contributed by atoms with Crippen LogP contribution in [0.5, 0.6) is 0 Å². The molecule has 0 spiro atoms. The molecule has 1 amide bonds. The van der Waals surface area contributed by atoms with Crippen LogP contribution in [0.3, 0.4) is 0 Å². The summed E-state index contributed by atoms with van der Waals surface area (Å²) in [7, 11) is 0. The minimum absolute atomic E-state index is 0.129. The standard InChI is InChI=1S/C24H29F3N4O2/c25-24(26,27)19-10-13-30(14-11-19)22-7-5-21(6-8-22)29-20-3-1-17(2-4-20)16-31(33)23(32)18-9-12-28-15-18/h1-8,18-19,28-29,33H,9-16H2. The van der Waals surface area contributed by atoms with Gasteiger partial charge in [0, 0.05) is 36.7 Å². The highest BCUT2D eigenvalue weighted by Crippen LogP contribution is 2.35. The summed E-state index contributed by atoms with van der Waals surface area (Å²) in [5.41, 5.74) is 3.46. The lowest BCUT2D eigenvalue weighted by Crippen LogP contribution is -2.38. The highest BCUT2D eigenvalue weighted by Gasteiger charge is 2.41. The summed E-state index contributed by atoms with van der Waals surface area (Å²) in [4.78, 5) is 14.2. The predicted molar refractivity (Wildman–Crippen MR) is 120 cm³/mol. The van der Waals surface area contributed by atoms with E-state index in [0.29, 0.717) is 19.6 Å². The van der Waals surface area contributed by atoms with Gasteiger partial charge in [0.2, 0.25) is 0 Å². The molecule has 2 aromatic rings. The minimum atomic E-state index is -4.10. The fourth-order valence-corrected chi connectivity index (χ4v) is 4.41. The maximum absolute atomic E-state index is 12.9. The number of nitrogens with zero attached hydrogens (tertiary/aromatic N) is 2. The van der Waals surface area contributed by atoms with E-state index in [0.717, 1.165) is 40.7 Å². The molecule has 0 radical (unpaired) electrons. The molecule has 4 rings (SSSR count). The summed E-state index contributed by atoms with van der Waals surface area (Å²) in [6.45, 7) is 2.33. The van der Waals surface area contributed by atoms with Crippen molar-refractivity contribution in [2.24, 2.45) is 11.8 Å². The summed E-state index contributed by atoms with van der Waals surface area (Å²) in [6, 6.07) is 15.1. The van der Waals surface area contributed by atoms with E-state index >= 15 is 0 Å². The van der Waals surface area contributed by atoms with Crippen LogP contribution in [-0.2, 0) is 11.3 Å². The molecular weight excluding hydrogens is 433 g/mol. The van der Waals surface area contributed by atoms with Crippen molar-refractivity contribution in [1.82, 2.24) is 10.4 Å². The van der Waals surface area contributed by atoms with Crippen LogP contribution >= 0.6 is 0 Å². The number of carbonyl (C=O) groups is 1. The van der Waals surface area contributed by atoms with Crippen LogP contribution < -0.4 is 15.5 Å². The Kier molecular flexibility index (Phi) is 7.09. The van der Waals surface area contributed by atoms with Crippen molar-refractivity contribution in [3.63, 3.8) is 0 Å². The van der Waals surface area contributed by atoms with E-state index < -0.39 is 12.1 Å². The Labute approximate surface area is 191 Å². The lowest BCUT2D eigenvalue weighted by molar-refractivity contribution is -0.179. The first-order chi connectivity index (χ1) is 15.8. The third kappa shape index (κ3) is 5.97. The van der Waals surface area contributed by atoms with Gasteiger partial charge in [0.05, 0.1) is 18.4 Å². The number of halogens is 3. The van der Waals surface area contributed by atoms with E-state index in [9.17, 15) is 23.2 Å². The number of nitrogens with one attached hydrogen (secondary N) is 2. The molecule has 2 heterocycles. The molecule has 1 unspecified atom stereocenters. The molecule has 0 aliphatic carbocycles. The van der Waals surface area contributed by atoms with Crippen LogP contribution in [0.4, 0.5) is 30.2 Å². The average molecular weight is 463 g/mol. The fraction of sp³-hybridized carbons (Fsp3) is 0.458. The summed E-state index contributed by atoms with van der Waals surface area (Å²) in [5.74, 6) is -1.63. The largest absolute Gasteiger partial charge is 0.391 e. The van der Waals surface area contributed by atoms with Gasteiger partial charge in [0.15, 0.2) is 0 Å². The number of hydrogen-bond donors (Lipinski definition) is 3. The van der Waals surface area contributed by atoms with Crippen molar-refractivity contribution in [2.45, 2.75) is 32.0 Å². The third-order valence-corrected chi connectivity index (χ3v) is 6.43. The van der Waals surface area contributed by atoms with Gasteiger partial charge in [0.25, 0.3) is 5.91 Å². The zero-order chi connectivity index (χ0) is 23.4. The Morgan fingerprint density at radius 2 is 1.64 bits per heavy atom.